The van der Waals surface area contributed by atoms with Gasteiger partial charge in [-0.05, 0) is 52.0 Å². The van der Waals surface area contributed by atoms with Crippen LogP contribution in [0.5, 0.6) is 0 Å². The minimum Gasteiger partial charge on any atom is -0.382 e. The van der Waals surface area contributed by atoms with Crippen LogP contribution in [-0.4, -0.2) is 49.6 Å². The molecule has 0 spiro atoms. The van der Waals surface area contributed by atoms with Gasteiger partial charge in [0.15, 0.2) is 5.82 Å². The first-order valence-electron chi connectivity index (χ1n) is 10.0. The van der Waals surface area contributed by atoms with Crippen LogP contribution in [0.4, 0.5) is 5.82 Å². The normalized spacial score (nSPS) is 15.7. The summed E-state index contributed by atoms with van der Waals surface area (Å²) in [5.41, 5.74) is 10.0. The number of ether oxygens (including phenoxy) is 2. The molecule has 3 rings (SSSR count). The lowest BCUT2D eigenvalue weighted by molar-refractivity contribution is -0.0218. The summed E-state index contributed by atoms with van der Waals surface area (Å²) in [5.74, 6) is 1.87. The van der Waals surface area contributed by atoms with E-state index in [1.54, 1.807) is 6.26 Å². The van der Waals surface area contributed by atoms with E-state index in [1.807, 2.05) is 6.92 Å². The van der Waals surface area contributed by atoms with Crippen LogP contribution in [0, 0.1) is 0 Å². The standard InChI is InChI=1S/C20H32N4O3S/c1-5-26-12-16-23-17-18(14-8-6-7-9-15(14)22-19(17)21)24(16)13-20(2,3)27-10-11-28(4)25/h5-13H2,1-4H3,(H2,21,22). The van der Waals surface area contributed by atoms with Crippen molar-refractivity contribution in [2.75, 3.05) is 31.0 Å². The molecule has 2 heterocycles. The highest BCUT2D eigenvalue weighted by atomic mass is 32.2. The Balaban J connectivity index is 2.02. The highest BCUT2D eigenvalue weighted by Gasteiger charge is 2.27. The Morgan fingerprint density at radius 3 is 2.71 bits per heavy atom. The van der Waals surface area contributed by atoms with Crippen LogP contribution in [0.15, 0.2) is 0 Å². The predicted octanol–water partition coefficient (Wildman–Crippen LogP) is 2.60. The molecule has 28 heavy (non-hydrogen) atoms. The first kappa shape index (κ1) is 21.2. The second-order valence-corrected chi connectivity index (χ2v) is 9.52. The van der Waals surface area contributed by atoms with Crippen molar-refractivity contribution in [1.82, 2.24) is 14.5 Å². The maximum atomic E-state index is 11.4. The fraction of sp³-hybridized carbons (Fsp3) is 0.700. The maximum Gasteiger partial charge on any atom is 0.151 e. The van der Waals surface area contributed by atoms with Crippen LogP contribution in [-0.2, 0) is 46.3 Å². The summed E-state index contributed by atoms with van der Waals surface area (Å²) >= 11 is 0. The lowest BCUT2D eigenvalue weighted by Gasteiger charge is -2.28. The van der Waals surface area contributed by atoms with E-state index in [1.165, 1.54) is 5.56 Å². The summed E-state index contributed by atoms with van der Waals surface area (Å²) < 4.78 is 25.3. The Morgan fingerprint density at radius 2 is 2.00 bits per heavy atom. The molecule has 2 aromatic heterocycles. The first-order valence-corrected chi connectivity index (χ1v) is 11.7. The molecule has 0 amide bonds. The van der Waals surface area contributed by atoms with Crippen molar-refractivity contribution in [2.45, 2.75) is 65.2 Å². The van der Waals surface area contributed by atoms with Crippen molar-refractivity contribution in [3.8, 4) is 0 Å². The predicted molar refractivity (Wildman–Crippen MR) is 113 cm³/mol. The molecule has 2 aromatic rings. The molecule has 0 radical (unpaired) electrons. The monoisotopic (exact) mass is 408 g/mol. The van der Waals surface area contributed by atoms with Crippen molar-refractivity contribution in [3.63, 3.8) is 0 Å². The number of anilines is 1. The molecule has 1 aliphatic carbocycles. The number of aryl methyl sites for hydroxylation is 2. The van der Waals surface area contributed by atoms with Crippen molar-refractivity contribution in [1.29, 1.82) is 0 Å². The Hall–Kier alpha value is -1.51. The third kappa shape index (κ3) is 4.72. The number of fused-ring (bicyclic) bond motifs is 3. The average Bonchev–Trinajstić information content (AvgIpc) is 2.98. The summed E-state index contributed by atoms with van der Waals surface area (Å²) in [6.07, 6.45) is 5.95. The SMILES string of the molecule is CCOCc1nc2c(N)nc3c(c2n1CC(C)(C)OCCS(C)=O)CCCC3. The smallest absolute Gasteiger partial charge is 0.151 e. The van der Waals surface area contributed by atoms with Crippen LogP contribution in [0.3, 0.4) is 0 Å². The Kier molecular flexibility index (Phi) is 6.73. The van der Waals surface area contributed by atoms with E-state index < -0.39 is 16.4 Å². The van der Waals surface area contributed by atoms with Gasteiger partial charge in [-0.25, -0.2) is 9.97 Å². The zero-order chi connectivity index (χ0) is 20.3. The third-order valence-corrected chi connectivity index (χ3v) is 5.85. The molecule has 0 fully saturated rings. The van der Waals surface area contributed by atoms with E-state index in [4.69, 9.17) is 20.2 Å². The van der Waals surface area contributed by atoms with Gasteiger partial charge >= 0.3 is 0 Å². The molecule has 1 atom stereocenters. The van der Waals surface area contributed by atoms with E-state index in [2.05, 4.69) is 23.4 Å². The van der Waals surface area contributed by atoms with Gasteiger partial charge < -0.3 is 19.8 Å². The van der Waals surface area contributed by atoms with Gasteiger partial charge in [-0.3, -0.25) is 4.21 Å². The van der Waals surface area contributed by atoms with E-state index in [0.29, 0.717) is 37.9 Å². The van der Waals surface area contributed by atoms with Crippen molar-refractivity contribution in [2.24, 2.45) is 0 Å². The Labute approximate surface area is 169 Å². The number of pyridine rings is 1. The highest BCUT2D eigenvalue weighted by molar-refractivity contribution is 7.84. The van der Waals surface area contributed by atoms with Gasteiger partial charge in [0.25, 0.3) is 0 Å². The fourth-order valence-electron chi connectivity index (χ4n) is 3.79. The Morgan fingerprint density at radius 1 is 1.25 bits per heavy atom. The van der Waals surface area contributed by atoms with E-state index in [-0.39, 0.29) is 0 Å². The molecule has 7 nitrogen and oxygen atoms in total. The average molecular weight is 409 g/mol. The lowest BCUT2D eigenvalue weighted by atomic mass is 9.94. The van der Waals surface area contributed by atoms with E-state index in [9.17, 15) is 4.21 Å². The molecule has 0 aliphatic heterocycles. The number of imidazole rings is 1. The topological polar surface area (TPSA) is 92.3 Å². The zero-order valence-corrected chi connectivity index (χ0v) is 18.2. The zero-order valence-electron chi connectivity index (χ0n) is 17.4. The summed E-state index contributed by atoms with van der Waals surface area (Å²) in [7, 11) is -0.864. The molecule has 156 valence electrons. The van der Waals surface area contributed by atoms with Crippen molar-refractivity contribution >= 4 is 27.7 Å². The van der Waals surface area contributed by atoms with Crippen LogP contribution in [0.25, 0.3) is 11.0 Å². The summed E-state index contributed by atoms with van der Waals surface area (Å²) in [6.45, 7) is 8.22. The van der Waals surface area contributed by atoms with Gasteiger partial charge in [0, 0.05) is 35.1 Å². The third-order valence-electron chi connectivity index (χ3n) is 5.11. The molecule has 0 saturated heterocycles. The molecule has 2 N–H and O–H groups in total. The van der Waals surface area contributed by atoms with Crippen LogP contribution >= 0.6 is 0 Å². The van der Waals surface area contributed by atoms with Gasteiger partial charge in [0.05, 0.1) is 24.3 Å². The molecular weight excluding hydrogens is 376 g/mol. The summed E-state index contributed by atoms with van der Waals surface area (Å²) in [6, 6.07) is 0. The fourth-order valence-corrected chi connectivity index (χ4v) is 4.10. The molecule has 8 heteroatoms. The second-order valence-electron chi connectivity index (χ2n) is 7.96. The minimum atomic E-state index is -0.864. The summed E-state index contributed by atoms with van der Waals surface area (Å²) in [5, 5.41) is 0. The summed E-state index contributed by atoms with van der Waals surface area (Å²) in [4.78, 5) is 9.43. The largest absolute Gasteiger partial charge is 0.382 e. The van der Waals surface area contributed by atoms with Gasteiger partial charge in [0.1, 0.15) is 17.9 Å². The lowest BCUT2D eigenvalue weighted by Crippen LogP contribution is -2.33. The number of rotatable bonds is 9. The van der Waals surface area contributed by atoms with Crippen LogP contribution in [0.1, 0.15) is 50.7 Å². The van der Waals surface area contributed by atoms with Gasteiger partial charge in [-0.1, -0.05) is 0 Å². The van der Waals surface area contributed by atoms with Gasteiger partial charge in [-0.2, -0.15) is 0 Å². The van der Waals surface area contributed by atoms with Gasteiger partial charge in [-0.15, -0.1) is 0 Å². The van der Waals surface area contributed by atoms with E-state index >= 15 is 0 Å². The van der Waals surface area contributed by atoms with Crippen LogP contribution < -0.4 is 5.73 Å². The van der Waals surface area contributed by atoms with Crippen LogP contribution in [0.2, 0.25) is 0 Å². The number of nitrogens with zero attached hydrogens (tertiary/aromatic N) is 3. The molecule has 0 saturated carbocycles. The quantitative estimate of drug-likeness (QED) is 0.686. The molecule has 0 bridgehead atoms. The maximum absolute atomic E-state index is 11.4. The Bertz CT molecular complexity index is 863. The van der Waals surface area contributed by atoms with Gasteiger partial charge in [0.2, 0.25) is 0 Å². The first-order chi connectivity index (χ1) is 13.3. The molecular formula is C20H32N4O3S. The molecule has 1 aliphatic rings. The van der Waals surface area contributed by atoms with E-state index in [0.717, 1.165) is 48.2 Å². The number of nitrogens with two attached hydrogens (primary N) is 1. The number of hydrogen-bond donors (Lipinski definition) is 1. The second kappa shape index (κ2) is 8.88. The molecule has 0 aromatic carbocycles. The van der Waals surface area contributed by atoms with Crippen molar-refractivity contribution < 1.29 is 13.7 Å². The minimum absolute atomic E-state index is 0.425. The molecule has 1 unspecified atom stereocenters. The highest BCUT2D eigenvalue weighted by Crippen LogP contribution is 2.32. The number of nitrogen functional groups attached to an aromatic ring is 1. The van der Waals surface area contributed by atoms with Crippen molar-refractivity contribution in [3.05, 3.63) is 17.1 Å². The number of aromatic nitrogens is 3. The number of hydrogen-bond acceptors (Lipinski definition) is 6.